The molecule has 1 aromatic heterocycles. The molecule has 0 spiro atoms. The van der Waals surface area contributed by atoms with Crippen molar-refractivity contribution in [3.8, 4) is 11.6 Å². The Labute approximate surface area is 329 Å². The fraction of sp³-hybridized carbons (Fsp3) is 0.615. The summed E-state index contributed by atoms with van der Waals surface area (Å²) in [7, 11) is -2.51. The maximum absolute atomic E-state index is 14.7. The van der Waals surface area contributed by atoms with Crippen molar-refractivity contribution in [3.05, 3.63) is 42.6 Å². The van der Waals surface area contributed by atoms with Gasteiger partial charge in [0.05, 0.1) is 25.1 Å². The first-order chi connectivity index (χ1) is 26.8. The Hall–Kier alpha value is -4.61. The number of hydrogen-bond acceptors (Lipinski definition) is 10. The lowest BCUT2D eigenvalue weighted by Crippen LogP contribution is -2.60. The van der Waals surface area contributed by atoms with Crippen molar-refractivity contribution in [2.75, 3.05) is 13.7 Å². The van der Waals surface area contributed by atoms with Crippen LogP contribution in [-0.4, -0.2) is 96.5 Å². The normalized spacial score (nSPS) is 29.4. The zero-order valence-electron chi connectivity index (χ0n) is 32.6. The van der Waals surface area contributed by atoms with Gasteiger partial charge in [-0.3, -0.25) is 19.1 Å². The molecule has 57 heavy (non-hydrogen) atoms. The number of halogens is 3. The van der Waals surface area contributed by atoms with Gasteiger partial charge in [0, 0.05) is 23.1 Å². The fourth-order valence-electron chi connectivity index (χ4n) is 7.80. The summed E-state index contributed by atoms with van der Waals surface area (Å²) in [5.41, 5.74) is -4.51. The van der Waals surface area contributed by atoms with Crippen molar-refractivity contribution in [1.29, 1.82) is 0 Å². The van der Waals surface area contributed by atoms with Crippen LogP contribution in [0.5, 0.6) is 11.6 Å². The van der Waals surface area contributed by atoms with E-state index >= 15 is 0 Å². The van der Waals surface area contributed by atoms with E-state index in [0.29, 0.717) is 68.9 Å². The van der Waals surface area contributed by atoms with Crippen LogP contribution in [0.25, 0.3) is 10.8 Å². The first-order valence-electron chi connectivity index (χ1n) is 19.3. The molecule has 14 nitrogen and oxygen atoms in total. The Morgan fingerprint density at radius 2 is 1.75 bits per heavy atom. The maximum Gasteiger partial charge on any atom is 0.427 e. The number of carbonyl (C=O) groups excluding carboxylic acids is 4. The average Bonchev–Trinajstić information content (AvgIpc) is 3.63. The number of carbonyl (C=O) groups is 4. The van der Waals surface area contributed by atoms with Gasteiger partial charge in [0.2, 0.25) is 33.3 Å². The van der Waals surface area contributed by atoms with Crippen molar-refractivity contribution in [2.24, 2.45) is 17.8 Å². The molecule has 2 aliphatic carbocycles. The number of sulfonamides is 1. The predicted molar refractivity (Wildman–Crippen MR) is 201 cm³/mol. The van der Waals surface area contributed by atoms with Crippen LogP contribution in [0, 0.1) is 17.8 Å². The van der Waals surface area contributed by atoms with E-state index in [2.05, 4.69) is 20.3 Å². The van der Waals surface area contributed by atoms with Crippen LogP contribution in [0.15, 0.2) is 42.6 Å². The first-order valence-corrected chi connectivity index (χ1v) is 20.8. The van der Waals surface area contributed by atoms with Crippen molar-refractivity contribution < 1.29 is 55.0 Å². The summed E-state index contributed by atoms with van der Waals surface area (Å²) in [5, 5.41) is 5.74. The van der Waals surface area contributed by atoms with Gasteiger partial charge < -0.3 is 29.7 Å². The number of amides is 4. The van der Waals surface area contributed by atoms with Gasteiger partial charge in [-0.15, -0.1) is 0 Å². The summed E-state index contributed by atoms with van der Waals surface area (Å²) >= 11 is 0. The molecular formula is C39H50F3N5O9S. The Balaban J connectivity index is 1.35. The van der Waals surface area contributed by atoms with Gasteiger partial charge in [0.15, 0.2) is 0 Å². The van der Waals surface area contributed by atoms with Gasteiger partial charge in [-0.2, -0.15) is 13.2 Å². The number of ether oxygens (including phenoxy) is 3. The number of hydrogen-bond donors (Lipinski definition) is 3. The fourth-order valence-corrected chi connectivity index (χ4v) is 9.36. The minimum absolute atomic E-state index is 0.0333. The van der Waals surface area contributed by atoms with E-state index in [9.17, 15) is 40.8 Å². The molecule has 4 amide bonds. The van der Waals surface area contributed by atoms with Gasteiger partial charge in [0.25, 0.3) is 5.91 Å². The van der Waals surface area contributed by atoms with E-state index in [1.54, 1.807) is 25.1 Å². The van der Waals surface area contributed by atoms with E-state index in [0.717, 1.165) is 0 Å². The number of fused-ring (bicyclic) bond motifs is 3. The third-order valence-corrected chi connectivity index (χ3v) is 13.5. The molecule has 4 aliphatic rings. The number of rotatable bonds is 8. The molecule has 3 N–H and O–H groups in total. The van der Waals surface area contributed by atoms with Crippen LogP contribution in [0.1, 0.15) is 79.1 Å². The molecule has 3 heterocycles. The minimum atomic E-state index is -4.91. The molecule has 3 fully saturated rings. The Bertz CT molecular complexity index is 2020. The molecule has 1 aromatic carbocycles. The lowest BCUT2D eigenvalue weighted by Gasteiger charge is -2.34. The maximum atomic E-state index is 14.7. The highest BCUT2D eigenvalue weighted by Gasteiger charge is 2.62. The molecule has 6 rings (SSSR count). The largest absolute Gasteiger partial charge is 0.494 e. The van der Waals surface area contributed by atoms with Crippen LogP contribution in [0.2, 0.25) is 0 Å². The summed E-state index contributed by atoms with van der Waals surface area (Å²) in [6, 6.07) is 4.42. The molecule has 2 aliphatic heterocycles. The van der Waals surface area contributed by atoms with Gasteiger partial charge in [-0.1, -0.05) is 50.6 Å². The summed E-state index contributed by atoms with van der Waals surface area (Å²) in [6.07, 6.45) is 0.965. The first kappa shape index (κ1) is 42.0. The molecular weight excluding hydrogens is 772 g/mol. The van der Waals surface area contributed by atoms with Crippen molar-refractivity contribution >= 4 is 44.6 Å². The highest BCUT2D eigenvalue weighted by atomic mass is 32.2. The molecule has 1 saturated heterocycles. The number of methoxy groups -OCH3 is 1. The second-order valence-corrected chi connectivity index (χ2v) is 18.3. The van der Waals surface area contributed by atoms with Crippen LogP contribution in [0.3, 0.4) is 0 Å². The molecule has 18 heteroatoms. The third-order valence-electron chi connectivity index (χ3n) is 11.7. The van der Waals surface area contributed by atoms with Gasteiger partial charge in [-0.05, 0) is 70.3 Å². The monoisotopic (exact) mass is 821 g/mol. The van der Waals surface area contributed by atoms with Crippen molar-refractivity contribution in [2.45, 2.75) is 120 Å². The van der Waals surface area contributed by atoms with Gasteiger partial charge in [-0.25, -0.2) is 18.2 Å². The molecule has 7 atom stereocenters. The summed E-state index contributed by atoms with van der Waals surface area (Å²) in [5.74, 6) is -2.96. The molecule has 0 bridgehead atoms. The van der Waals surface area contributed by atoms with Gasteiger partial charge >= 0.3 is 12.3 Å². The van der Waals surface area contributed by atoms with Crippen LogP contribution in [-0.2, 0) is 29.1 Å². The zero-order chi connectivity index (χ0) is 41.5. The number of aromatic nitrogens is 1. The molecule has 0 radical (unpaired) electrons. The van der Waals surface area contributed by atoms with Crippen LogP contribution in [0.4, 0.5) is 18.0 Å². The SMILES string of the molecule is COc1cnc(O[C@@H]2C[C@H]3C(=O)N[C@]4(C(=O)NS(=O)(=O)C5CCC5)CC4/C=C\CC[C@@H](C)C[C@@H](C)[C@H](NC(=O)OC(C)(C)C(F)(F)F)C(=O)N3C2)c2ccccc12. The lowest BCUT2D eigenvalue weighted by atomic mass is 9.88. The highest BCUT2D eigenvalue weighted by Crippen LogP contribution is 2.46. The minimum Gasteiger partial charge on any atom is -0.494 e. The summed E-state index contributed by atoms with van der Waals surface area (Å²) in [6.45, 7) is 4.80. The number of alkyl halides is 3. The number of allylic oxidation sites excluding steroid dienone is 1. The van der Waals surface area contributed by atoms with Crippen LogP contribution < -0.4 is 24.8 Å². The van der Waals surface area contributed by atoms with E-state index in [1.165, 1.54) is 18.2 Å². The second kappa shape index (κ2) is 16.0. The van der Waals surface area contributed by atoms with Crippen molar-refractivity contribution in [3.63, 3.8) is 0 Å². The average molecular weight is 822 g/mol. The predicted octanol–water partition coefficient (Wildman–Crippen LogP) is 4.91. The van der Waals surface area contributed by atoms with Gasteiger partial charge in [0.1, 0.15) is 29.5 Å². The Morgan fingerprint density at radius 1 is 1.05 bits per heavy atom. The van der Waals surface area contributed by atoms with E-state index in [4.69, 9.17) is 14.2 Å². The zero-order valence-corrected chi connectivity index (χ0v) is 33.4. The number of benzene rings is 1. The summed E-state index contributed by atoms with van der Waals surface area (Å²) < 4.78 is 86.1. The topological polar surface area (TPSA) is 182 Å². The molecule has 1 unspecified atom stereocenters. The quantitative estimate of drug-likeness (QED) is 0.310. The molecule has 312 valence electrons. The molecule has 2 aromatic rings. The highest BCUT2D eigenvalue weighted by molar-refractivity contribution is 7.90. The van der Waals surface area contributed by atoms with Crippen molar-refractivity contribution in [1.82, 2.24) is 25.2 Å². The Morgan fingerprint density at radius 3 is 2.40 bits per heavy atom. The third kappa shape index (κ3) is 8.79. The van der Waals surface area contributed by atoms with Crippen LogP contribution >= 0.6 is 0 Å². The summed E-state index contributed by atoms with van der Waals surface area (Å²) in [4.78, 5) is 61.8. The lowest BCUT2D eigenvalue weighted by molar-refractivity contribution is -0.244. The van der Waals surface area contributed by atoms with E-state index < -0.39 is 86.4 Å². The Kier molecular flexibility index (Phi) is 11.8. The number of nitrogens with one attached hydrogen (secondary N) is 3. The number of alkyl carbamates (subject to hydrolysis) is 1. The number of nitrogens with zero attached hydrogens (tertiary/aromatic N) is 2. The van der Waals surface area contributed by atoms with E-state index in [1.807, 2.05) is 25.1 Å². The second-order valence-electron chi connectivity index (χ2n) is 16.3. The molecule has 2 saturated carbocycles. The number of pyridine rings is 1. The smallest absolute Gasteiger partial charge is 0.427 e. The standard InChI is InChI=1S/C39H50F3N5O9S/c1-22-11-6-7-12-24-19-38(24,35(50)46-57(52,53)26-13-10-14-26)45-32(48)29-18-25(55-33-28-16-9-8-15-27(28)30(54-5)20-43-33)21-47(29)34(49)31(23(2)17-22)44-36(51)56-37(3,4)39(40,41)42/h7-9,12,15-16,20,22-26,29,31H,6,10-11,13-14,17-19,21H2,1-5H3,(H,44,51)(H,45,48)(H,46,50)/b12-7-/t22-,23-,24?,25-,29+,31+,38-/m1/s1. The van der Waals surface area contributed by atoms with E-state index in [-0.39, 0.29) is 31.2 Å².